The molecule has 1 aliphatic heterocycles. The molecule has 0 aliphatic carbocycles. The van der Waals surface area contributed by atoms with E-state index in [0.717, 1.165) is 16.9 Å². The molecule has 3 heterocycles. The Bertz CT molecular complexity index is 1210. The fourth-order valence-electron chi connectivity index (χ4n) is 3.64. The van der Waals surface area contributed by atoms with Crippen molar-refractivity contribution in [1.82, 2.24) is 9.29 Å². The van der Waals surface area contributed by atoms with Crippen molar-refractivity contribution in [3.63, 3.8) is 0 Å². The Morgan fingerprint density at radius 2 is 1.91 bits per heavy atom. The van der Waals surface area contributed by atoms with Crippen molar-refractivity contribution < 1.29 is 17.9 Å². The quantitative estimate of drug-likeness (QED) is 0.368. The van der Waals surface area contributed by atoms with Crippen LogP contribution in [-0.2, 0) is 21.2 Å². The van der Waals surface area contributed by atoms with E-state index in [1.807, 2.05) is 24.3 Å². The van der Waals surface area contributed by atoms with Gasteiger partial charge in [-0.2, -0.15) is 4.31 Å². The lowest BCUT2D eigenvalue weighted by molar-refractivity contribution is -0.122. The molecule has 1 fully saturated rings. The van der Waals surface area contributed by atoms with Crippen molar-refractivity contribution in [3.05, 3.63) is 69.8 Å². The summed E-state index contributed by atoms with van der Waals surface area (Å²) in [5.74, 6) is 1.16. The smallest absolute Gasteiger partial charge is 0.253 e. The Balaban J connectivity index is 1.36. The first kappa shape index (κ1) is 23.2. The zero-order valence-corrected chi connectivity index (χ0v) is 20.1. The molecule has 0 spiro atoms. The van der Waals surface area contributed by atoms with Gasteiger partial charge in [-0.05, 0) is 55.2 Å². The number of ether oxygens (including phenoxy) is 1. The van der Waals surface area contributed by atoms with Crippen LogP contribution in [0.4, 0.5) is 0 Å². The first-order valence-corrected chi connectivity index (χ1v) is 13.0. The number of pyridine rings is 1. The van der Waals surface area contributed by atoms with Crippen molar-refractivity contribution in [1.29, 1.82) is 0 Å². The van der Waals surface area contributed by atoms with E-state index >= 15 is 0 Å². The molecule has 0 radical (unpaired) electrons. The molecule has 0 saturated carbocycles. The molecular formula is C22H20Cl2N2O4S2. The van der Waals surface area contributed by atoms with Crippen LogP contribution >= 0.6 is 34.5 Å². The molecular weight excluding hydrogens is 491 g/mol. The maximum Gasteiger partial charge on any atom is 0.253 e. The highest BCUT2D eigenvalue weighted by Gasteiger charge is 2.39. The summed E-state index contributed by atoms with van der Waals surface area (Å²) < 4.78 is 33.5. The Labute approximate surface area is 200 Å². The maximum atomic E-state index is 12.9. The van der Waals surface area contributed by atoms with E-state index in [2.05, 4.69) is 4.98 Å². The first-order valence-electron chi connectivity index (χ1n) is 10.0. The van der Waals surface area contributed by atoms with Gasteiger partial charge in [-0.1, -0.05) is 35.3 Å². The molecule has 0 amide bonds. The summed E-state index contributed by atoms with van der Waals surface area (Å²) >= 11 is 12.8. The summed E-state index contributed by atoms with van der Waals surface area (Å²) in [6, 6.07) is 13.2. The van der Waals surface area contributed by atoms with Gasteiger partial charge in [0.05, 0.1) is 10.4 Å². The van der Waals surface area contributed by atoms with E-state index in [1.54, 1.807) is 24.4 Å². The topological polar surface area (TPSA) is 76.6 Å². The fraction of sp³-hybridized carbons (Fsp3) is 0.273. The SMILES string of the molecule is O=C(CCc1ccc(Oc2ccnc(Cl)c2)cc1)[C@@H]1CCCN1S(=O)(=O)c1ccc(Cl)s1. The molecule has 6 nitrogen and oxygen atoms in total. The van der Waals surface area contributed by atoms with Crippen LogP contribution in [0.2, 0.25) is 9.49 Å². The molecule has 10 heteroatoms. The lowest BCUT2D eigenvalue weighted by Gasteiger charge is -2.22. The molecule has 4 rings (SSSR count). The summed E-state index contributed by atoms with van der Waals surface area (Å²) in [5.41, 5.74) is 0.968. The molecule has 3 aromatic rings. The van der Waals surface area contributed by atoms with Crippen LogP contribution < -0.4 is 4.74 Å². The summed E-state index contributed by atoms with van der Waals surface area (Å²) in [6.07, 6.45) is 3.56. The number of nitrogens with zero attached hydrogens (tertiary/aromatic N) is 2. The van der Waals surface area contributed by atoms with Gasteiger partial charge in [0.15, 0.2) is 5.78 Å². The third kappa shape index (κ3) is 5.32. The van der Waals surface area contributed by atoms with Crippen molar-refractivity contribution in [2.75, 3.05) is 6.54 Å². The van der Waals surface area contributed by atoms with Crippen molar-refractivity contribution >= 4 is 50.3 Å². The number of sulfonamides is 1. The number of Topliss-reactive ketones (excluding diaryl/α,β-unsaturated/α-hetero) is 1. The van der Waals surface area contributed by atoms with E-state index in [1.165, 1.54) is 10.4 Å². The molecule has 32 heavy (non-hydrogen) atoms. The fourth-order valence-corrected chi connectivity index (χ4v) is 7.10. The molecule has 0 bridgehead atoms. The van der Waals surface area contributed by atoms with Crippen molar-refractivity contribution in [2.24, 2.45) is 0 Å². The predicted octanol–water partition coefficient (Wildman–Crippen LogP) is 5.60. The third-order valence-electron chi connectivity index (χ3n) is 5.20. The molecule has 1 atom stereocenters. The summed E-state index contributed by atoms with van der Waals surface area (Å²) in [6.45, 7) is 0.347. The number of hydrogen-bond acceptors (Lipinski definition) is 6. The van der Waals surface area contributed by atoms with Gasteiger partial charge in [-0.3, -0.25) is 4.79 Å². The Kier molecular flexibility index (Phi) is 7.17. The average molecular weight is 511 g/mol. The number of rotatable bonds is 8. The molecule has 1 aromatic carbocycles. The monoisotopic (exact) mass is 510 g/mol. The van der Waals surface area contributed by atoms with E-state index in [-0.39, 0.29) is 16.4 Å². The highest BCUT2D eigenvalue weighted by atomic mass is 35.5. The Morgan fingerprint density at radius 3 is 2.59 bits per heavy atom. The van der Waals surface area contributed by atoms with Crippen LogP contribution in [-0.4, -0.2) is 36.1 Å². The van der Waals surface area contributed by atoms with Gasteiger partial charge < -0.3 is 4.74 Å². The number of benzene rings is 1. The number of thiophene rings is 1. The van der Waals surface area contributed by atoms with Crippen LogP contribution in [0.25, 0.3) is 0 Å². The highest BCUT2D eigenvalue weighted by molar-refractivity contribution is 7.91. The third-order valence-corrected chi connectivity index (χ3v) is 9.02. The molecule has 0 unspecified atom stereocenters. The maximum absolute atomic E-state index is 12.9. The van der Waals surface area contributed by atoms with Crippen LogP contribution in [0.15, 0.2) is 58.9 Å². The number of aromatic nitrogens is 1. The number of carbonyl (C=O) groups is 1. The zero-order chi connectivity index (χ0) is 22.7. The van der Waals surface area contributed by atoms with Gasteiger partial charge in [-0.25, -0.2) is 13.4 Å². The van der Waals surface area contributed by atoms with E-state index in [4.69, 9.17) is 27.9 Å². The molecule has 1 saturated heterocycles. The van der Waals surface area contributed by atoms with Gasteiger partial charge in [-0.15, -0.1) is 11.3 Å². The van der Waals surface area contributed by atoms with Crippen LogP contribution in [0.3, 0.4) is 0 Å². The van der Waals surface area contributed by atoms with Gasteiger partial charge >= 0.3 is 0 Å². The standard InChI is InChI=1S/C22H20Cl2N2O4S2/c23-20-14-17(11-12-25-20)30-16-6-3-15(4-7-16)5-8-19(27)18-2-1-13-26(18)32(28,29)22-10-9-21(24)31-22/h3-4,6-7,9-12,14,18H,1-2,5,8,13H2/t18-/m0/s1. The minimum absolute atomic E-state index is 0.0690. The summed E-state index contributed by atoms with van der Waals surface area (Å²) in [5, 5.41) is 0.350. The molecule has 0 N–H and O–H groups in total. The highest BCUT2D eigenvalue weighted by Crippen LogP contribution is 2.33. The van der Waals surface area contributed by atoms with Gasteiger partial charge in [0, 0.05) is 25.2 Å². The lowest BCUT2D eigenvalue weighted by Crippen LogP contribution is -2.40. The normalized spacial score (nSPS) is 16.9. The second-order valence-electron chi connectivity index (χ2n) is 7.36. The van der Waals surface area contributed by atoms with E-state index in [9.17, 15) is 13.2 Å². The largest absolute Gasteiger partial charge is 0.457 e. The van der Waals surface area contributed by atoms with Crippen LogP contribution in [0.5, 0.6) is 11.5 Å². The number of hydrogen-bond donors (Lipinski definition) is 0. The second-order valence-corrected chi connectivity index (χ2v) is 11.6. The number of aryl methyl sites for hydroxylation is 1. The van der Waals surface area contributed by atoms with Gasteiger partial charge in [0.1, 0.15) is 20.9 Å². The minimum Gasteiger partial charge on any atom is -0.457 e. The number of ketones is 1. The van der Waals surface area contributed by atoms with Crippen LogP contribution in [0, 0.1) is 0 Å². The predicted molar refractivity (Wildman–Crippen MR) is 125 cm³/mol. The van der Waals surface area contributed by atoms with Gasteiger partial charge in [0.2, 0.25) is 0 Å². The second kappa shape index (κ2) is 9.89. The number of halogens is 2. The molecule has 1 aliphatic rings. The Hall–Kier alpha value is -1.97. The lowest BCUT2D eigenvalue weighted by atomic mass is 10.0. The van der Waals surface area contributed by atoms with Crippen LogP contribution in [0.1, 0.15) is 24.8 Å². The van der Waals surface area contributed by atoms with E-state index < -0.39 is 16.1 Å². The van der Waals surface area contributed by atoms with Crippen molar-refractivity contribution in [3.8, 4) is 11.5 Å². The molecule has 168 valence electrons. The first-order chi connectivity index (χ1) is 15.3. The minimum atomic E-state index is -3.72. The Morgan fingerprint density at radius 1 is 1.12 bits per heavy atom. The number of carbonyl (C=O) groups excluding carboxylic acids is 1. The van der Waals surface area contributed by atoms with Crippen molar-refractivity contribution in [2.45, 2.75) is 35.9 Å². The van der Waals surface area contributed by atoms with E-state index in [0.29, 0.717) is 46.8 Å². The molecule has 2 aromatic heterocycles. The summed E-state index contributed by atoms with van der Waals surface area (Å²) in [4.78, 5) is 16.8. The average Bonchev–Trinajstić information content (AvgIpc) is 3.43. The summed E-state index contributed by atoms with van der Waals surface area (Å²) in [7, 11) is -3.72. The zero-order valence-electron chi connectivity index (χ0n) is 16.9. The van der Waals surface area contributed by atoms with Gasteiger partial charge in [0.25, 0.3) is 10.0 Å².